The highest BCUT2D eigenvalue weighted by Gasteiger charge is 2.04. The lowest BCUT2D eigenvalue weighted by molar-refractivity contribution is 0.393. The minimum absolute atomic E-state index is 0.488. The summed E-state index contributed by atoms with van der Waals surface area (Å²) in [4.78, 5) is 2.62. The standard InChI is InChI=1S/C5H6N4O/c1-3-5(7-9-6)4(2)10-8-3/h1-2H3. The monoisotopic (exact) mass is 138 g/mol. The smallest absolute Gasteiger partial charge is 0.143 e. The van der Waals surface area contributed by atoms with E-state index in [9.17, 15) is 0 Å². The quantitative estimate of drug-likeness (QED) is 0.339. The van der Waals surface area contributed by atoms with E-state index in [0.717, 1.165) is 0 Å². The summed E-state index contributed by atoms with van der Waals surface area (Å²) >= 11 is 0. The van der Waals surface area contributed by atoms with Gasteiger partial charge >= 0.3 is 0 Å². The number of aromatic nitrogens is 1. The summed E-state index contributed by atoms with van der Waals surface area (Å²) in [7, 11) is 0. The maximum Gasteiger partial charge on any atom is 0.143 e. The van der Waals surface area contributed by atoms with Crippen molar-refractivity contribution in [2.75, 3.05) is 0 Å². The molecule has 52 valence electrons. The second-order valence-corrected chi connectivity index (χ2v) is 1.86. The zero-order valence-electron chi connectivity index (χ0n) is 5.70. The molecule has 10 heavy (non-hydrogen) atoms. The van der Waals surface area contributed by atoms with E-state index in [1.54, 1.807) is 13.8 Å². The van der Waals surface area contributed by atoms with Gasteiger partial charge in [-0.25, -0.2) is 0 Å². The molecule has 0 radical (unpaired) electrons. The van der Waals surface area contributed by atoms with Crippen LogP contribution in [0.25, 0.3) is 10.4 Å². The molecule has 0 aliphatic rings. The number of aryl methyl sites for hydroxylation is 2. The van der Waals surface area contributed by atoms with Crippen LogP contribution in [0.4, 0.5) is 5.69 Å². The summed E-state index contributed by atoms with van der Waals surface area (Å²) in [5, 5.41) is 6.98. The molecule has 0 unspecified atom stereocenters. The predicted molar refractivity (Wildman–Crippen MR) is 34.8 cm³/mol. The third-order valence-corrected chi connectivity index (χ3v) is 1.14. The van der Waals surface area contributed by atoms with Gasteiger partial charge in [-0.2, -0.15) is 0 Å². The van der Waals surface area contributed by atoms with Gasteiger partial charge in [-0.15, -0.1) is 0 Å². The molecular weight excluding hydrogens is 132 g/mol. The van der Waals surface area contributed by atoms with Gasteiger partial charge in [0.25, 0.3) is 0 Å². The molecular formula is C5H6N4O. The Kier molecular flexibility index (Phi) is 1.60. The van der Waals surface area contributed by atoms with Crippen LogP contribution in [0, 0.1) is 13.8 Å². The fourth-order valence-electron chi connectivity index (χ4n) is 0.666. The van der Waals surface area contributed by atoms with Crippen molar-refractivity contribution in [2.24, 2.45) is 5.11 Å². The highest BCUT2D eigenvalue weighted by atomic mass is 16.5. The molecule has 0 aromatic carbocycles. The predicted octanol–water partition coefficient (Wildman–Crippen LogP) is 2.23. The largest absolute Gasteiger partial charge is 0.361 e. The van der Waals surface area contributed by atoms with Crippen LogP contribution in [-0.4, -0.2) is 5.16 Å². The average molecular weight is 138 g/mol. The Balaban J connectivity index is 3.22. The van der Waals surface area contributed by atoms with Crippen molar-refractivity contribution in [1.29, 1.82) is 0 Å². The Hall–Kier alpha value is -1.48. The summed E-state index contributed by atoms with van der Waals surface area (Å²) in [5.41, 5.74) is 9.18. The van der Waals surface area contributed by atoms with Gasteiger partial charge in [0.15, 0.2) is 0 Å². The molecule has 0 aliphatic heterocycles. The summed E-state index contributed by atoms with van der Waals surface area (Å²) in [6, 6.07) is 0. The Morgan fingerprint density at radius 3 is 2.70 bits per heavy atom. The number of nitrogens with zero attached hydrogens (tertiary/aromatic N) is 4. The zero-order chi connectivity index (χ0) is 7.56. The van der Waals surface area contributed by atoms with Gasteiger partial charge in [0.2, 0.25) is 0 Å². The van der Waals surface area contributed by atoms with E-state index in [1.165, 1.54) is 0 Å². The second-order valence-electron chi connectivity index (χ2n) is 1.86. The Morgan fingerprint density at radius 1 is 1.60 bits per heavy atom. The molecule has 0 spiro atoms. The van der Waals surface area contributed by atoms with Crippen LogP contribution in [0.5, 0.6) is 0 Å². The van der Waals surface area contributed by atoms with E-state index in [-0.39, 0.29) is 0 Å². The molecule has 0 aliphatic carbocycles. The molecule has 1 heterocycles. The number of hydrogen-bond acceptors (Lipinski definition) is 3. The number of hydrogen-bond donors (Lipinski definition) is 0. The first-order valence-corrected chi connectivity index (χ1v) is 2.73. The second kappa shape index (κ2) is 2.41. The first kappa shape index (κ1) is 6.64. The molecule has 0 amide bonds. The van der Waals surface area contributed by atoms with Gasteiger partial charge in [0.05, 0.1) is 5.69 Å². The van der Waals surface area contributed by atoms with E-state index in [2.05, 4.69) is 15.2 Å². The van der Waals surface area contributed by atoms with Gasteiger partial charge in [-0.3, -0.25) is 0 Å². The molecule has 0 bridgehead atoms. The first-order valence-electron chi connectivity index (χ1n) is 2.73. The van der Waals surface area contributed by atoms with Crippen LogP contribution in [-0.2, 0) is 0 Å². The van der Waals surface area contributed by atoms with Gasteiger partial charge in [-0.1, -0.05) is 10.3 Å². The normalized spacial score (nSPS) is 9.00. The van der Waals surface area contributed by atoms with E-state index in [1.807, 2.05) is 0 Å². The highest BCUT2D eigenvalue weighted by Crippen LogP contribution is 2.21. The van der Waals surface area contributed by atoms with Crippen molar-refractivity contribution in [3.8, 4) is 0 Å². The molecule has 0 saturated carbocycles. The lowest BCUT2D eigenvalue weighted by atomic mass is 10.3. The van der Waals surface area contributed by atoms with E-state index >= 15 is 0 Å². The Bertz CT molecular complexity index is 264. The molecule has 5 heteroatoms. The maximum atomic E-state index is 8.08. The Morgan fingerprint density at radius 2 is 2.30 bits per heavy atom. The van der Waals surface area contributed by atoms with E-state index < -0.39 is 0 Å². The fourth-order valence-corrected chi connectivity index (χ4v) is 0.666. The molecule has 1 aromatic rings. The van der Waals surface area contributed by atoms with Gasteiger partial charge in [-0.05, 0) is 19.4 Å². The van der Waals surface area contributed by atoms with Crippen molar-refractivity contribution in [3.05, 3.63) is 21.9 Å². The van der Waals surface area contributed by atoms with Crippen molar-refractivity contribution in [2.45, 2.75) is 13.8 Å². The average Bonchev–Trinajstić information content (AvgIpc) is 2.20. The minimum Gasteiger partial charge on any atom is -0.361 e. The van der Waals surface area contributed by atoms with Crippen molar-refractivity contribution in [1.82, 2.24) is 5.16 Å². The van der Waals surface area contributed by atoms with Crippen molar-refractivity contribution < 1.29 is 4.52 Å². The Labute approximate surface area is 57.3 Å². The molecule has 5 nitrogen and oxygen atoms in total. The maximum absolute atomic E-state index is 8.08. The zero-order valence-corrected chi connectivity index (χ0v) is 5.70. The van der Waals surface area contributed by atoms with Crippen LogP contribution >= 0.6 is 0 Å². The molecule has 0 N–H and O–H groups in total. The van der Waals surface area contributed by atoms with Gasteiger partial charge in [0.1, 0.15) is 11.4 Å². The van der Waals surface area contributed by atoms with E-state index in [0.29, 0.717) is 17.1 Å². The molecule has 1 aromatic heterocycles. The first-order chi connectivity index (χ1) is 4.75. The van der Waals surface area contributed by atoms with Crippen LogP contribution in [0.2, 0.25) is 0 Å². The lowest BCUT2D eigenvalue weighted by Crippen LogP contribution is -1.66. The van der Waals surface area contributed by atoms with Crippen LogP contribution in [0.15, 0.2) is 9.64 Å². The van der Waals surface area contributed by atoms with Gasteiger partial charge < -0.3 is 4.52 Å². The molecule has 0 atom stereocenters. The van der Waals surface area contributed by atoms with E-state index in [4.69, 9.17) is 10.1 Å². The summed E-state index contributed by atoms with van der Waals surface area (Å²) in [6.45, 7) is 3.42. The third-order valence-electron chi connectivity index (χ3n) is 1.14. The third kappa shape index (κ3) is 0.942. The summed E-state index contributed by atoms with van der Waals surface area (Å²) in [5.74, 6) is 0.551. The molecule has 1 rings (SSSR count). The summed E-state index contributed by atoms with van der Waals surface area (Å²) in [6.07, 6.45) is 0. The topological polar surface area (TPSA) is 74.8 Å². The van der Waals surface area contributed by atoms with Crippen LogP contribution < -0.4 is 0 Å². The SMILES string of the molecule is Cc1noc(C)c1N=[N+]=[N-]. The van der Waals surface area contributed by atoms with Crippen molar-refractivity contribution in [3.63, 3.8) is 0 Å². The van der Waals surface area contributed by atoms with Crippen molar-refractivity contribution >= 4 is 5.69 Å². The van der Waals surface area contributed by atoms with Crippen LogP contribution in [0.1, 0.15) is 11.5 Å². The van der Waals surface area contributed by atoms with Crippen LogP contribution in [0.3, 0.4) is 0 Å². The highest BCUT2D eigenvalue weighted by molar-refractivity contribution is 5.43. The number of azide groups is 1. The minimum atomic E-state index is 0.488. The number of rotatable bonds is 1. The molecule has 0 saturated heterocycles. The van der Waals surface area contributed by atoms with Gasteiger partial charge in [0, 0.05) is 4.91 Å². The lowest BCUT2D eigenvalue weighted by Gasteiger charge is -1.81. The fraction of sp³-hybridized carbons (Fsp3) is 0.400. The molecule has 0 fully saturated rings. The summed E-state index contributed by atoms with van der Waals surface area (Å²) < 4.78 is 4.73.